The number of nitrogens with two attached hydrogens (primary N) is 1. The number of likely N-dealkylation sites (N-methyl/N-ethyl adjacent to an activating group) is 2. The van der Waals surface area contributed by atoms with Crippen LogP contribution in [0.1, 0.15) is 37.5 Å². The number of carbonyl (C=O) groups is 1. The van der Waals surface area contributed by atoms with Gasteiger partial charge in [-0.15, -0.1) is 5.10 Å². The number of fused-ring (bicyclic) bond motifs is 1. The highest BCUT2D eigenvalue weighted by Gasteiger charge is 2.32. The largest absolute Gasteiger partial charge is 0.384 e. The zero-order valence-corrected chi connectivity index (χ0v) is 19.3. The van der Waals surface area contributed by atoms with Gasteiger partial charge in [-0.25, -0.2) is 19.5 Å². The van der Waals surface area contributed by atoms with Crippen LogP contribution in [0.15, 0.2) is 53.6 Å². The van der Waals surface area contributed by atoms with Crippen molar-refractivity contribution in [2.45, 2.75) is 37.8 Å². The number of anilines is 1. The van der Waals surface area contributed by atoms with E-state index in [2.05, 4.69) is 25.2 Å². The van der Waals surface area contributed by atoms with Gasteiger partial charge in [0.1, 0.15) is 17.0 Å². The van der Waals surface area contributed by atoms with E-state index in [-0.39, 0.29) is 17.8 Å². The van der Waals surface area contributed by atoms with Gasteiger partial charge in [-0.2, -0.15) is 4.98 Å². The SMILES string of the molecule is CN/C(=C\C(N)=Nc1nc(N2CCC[C@H]2c2ncccn2)nn2cccc12)C(=O)N(C)C1CC1. The van der Waals surface area contributed by atoms with Crippen LogP contribution in [0, 0.1) is 0 Å². The summed E-state index contributed by atoms with van der Waals surface area (Å²) in [6.07, 6.45) is 10.9. The second-order valence-corrected chi connectivity index (χ2v) is 8.52. The number of rotatable bonds is 7. The van der Waals surface area contributed by atoms with Crippen LogP contribution in [0.2, 0.25) is 0 Å². The molecule has 1 atom stereocenters. The number of nitrogens with one attached hydrogen (secondary N) is 1. The number of hydrogen-bond donors (Lipinski definition) is 2. The van der Waals surface area contributed by atoms with Gasteiger partial charge in [0, 0.05) is 51.3 Å². The summed E-state index contributed by atoms with van der Waals surface area (Å²) >= 11 is 0. The van der Waals surface area contributed by atoms with Crippen molar-refractivity contribution in [2.75, 3.05) is 25.5 Å². The van der Waals surface area contributed by atoms with Gasteiger partial charge in [0.15, 0.2) is 11.6 Å². The second-order valence-electron chi connectivity index (χ2n) is 8.52. The first kappa shape index (κ1) is 21.8. The molecule has 0 unspecified atom stereocenters. The molecular weight excluding hydrogens is 432 g/mol. The van der Waals surface area contributed by atoms with Crippen LogP contribution in [-0.4, -0.2) is 67.9 Å². The molecule has 0 aromatic carbocycles. The van der Waals surface area contributed by atoms with Gasteiger partial charge in [0.25, 0.3) is 5.91 Å². The highest BCUT2D eigenvalue weighted by molar-refractivity contribution is 6.03. The van der Waals surface area contributed by atoms with E-state index in [9.17, 15) is 4.79 Å². The van der Waals surface area contributed by atoms with Crippen LogP contribution >= 0.6 is 0 Å². The molecule has 11 heteroatoms. The minimum atomic E-state index is -0.109. The van der Waals surface area contributed by atoms with Crippen molar-refractivity contribution in [1.82, 2.24) is 34.8 Å². The van der Waals surface area contributed by atoms with Crippen molar-refractivity contribution < 1.29 is 4.79 Å². The molecule has 176 valence electrons. The smallest absolute Gasteiger partial charge is 0.270 e. The minimum absolute atomic E-state index is 0.00485. The molecule has 0 radical (unpaired) electrons. The van der Waals surface area contributed by atoms with E-state index < -0.39 is 0 Å². The second kappa shape index (κ2) is 9.08. The summed E-state index contributed by atoms with van der Waals surface area (Å²) in [7, 11) is 3.51. The molecule has 1 aliphatic heterocycles. The molecule has 34 heavy (non-hydrogen) atoms. The first-order valence-corrected chi connectivity index (χ1v) is 11.4. The molecule has 3 aromatic heterocycles. The average Bonchev–Trinajstić information content (AvgIpc) is 3.38. The maximum atomic E-state index is 12.7. The number of amides is 1. The molecule has 3 aromatic rings. The van der Waals surface area contributed by atoms with Gasteiger partial charge in [0.2, 0.25) is 5.95 Å². The van der Waals surface area contributed by atoms with Gasteiger partial charge in [-0.3, -0.25) is 4.79 Å². The lowest BCUT2D eigenvalue weighted by Crippen LogP contribution is -2.34. The Morgan fingerprint density at radius 2 is 2.06 bits per heavy atom. The summed E-state index contributed by atoms with van der Waals surface area (Å²) in [6, 6.07) is 5.87. The fraction of sp³-hybridized carbons (Fsp3) is 0.391. The van der Waals surface area contributed by atoms with Crippen molar-refractivity contribution >= 4 is 29.0 Å². The van der Waals surface area contributed by atoms with Gasteiger partial charge < -0.3 is 20.9 Å². The van der Waals surface area contributed by atoms with E-state index in [1.54, 1.807) is 41.0 Å². The maximum Gasteiger partial charge on any atom is 0.270 e. The first-order chi connectivity index (χ1) is 16.5. The molecule has 1 amide bonds. The van der Waals surface area contributed by atoms with Crippen LogP contribution in [0.5, 0.6) is 0 Å². The van der Waals surface area contributed by atoms with Gasteiger partial charge >= 0.3 is 0 Å². The Hall–Kier alpha value is -4.02. The molecule has 4 heterocycles. The Labute approximate surface area is 197 Å². The van der Waals surface area contributed by atoms with Crippen molar-refractivity contribution in [3.05, 3.63) is 54.4 Å². The summed E-state index contributed by atoms with van der Waals surface area (Å²) < 4.78 is 1.74. The molecule has 0 spiro atoms. The van der Waals surface area contributed by atoms with E-state index in [4.69, 9.17) is 15.8 Å². The quantitative estimate of drug-likeness (QED) is 0.309. The van der Waals surface area contributed by atoms with Crippen molar-refractivity contribution in [2.24, 2.45) is 10.7 Å². The third-order valence-corrected chi connectivity index (χ3v) is 6.20. The molecule has 11 nitrogen and oxygen atoms in total. The Morgan fingerprint density at radius 1 is 1.26 bits per heavy atom. The Balaban J connectivity index is 1.48. The van der Waals surface area contributed by atoms with E-state index in [1.807, 2.05) is 25.4 Å². The Morgan fingerprint density at radius 3 is 2.79 bits per heavy atom. The van der Waals surface area contributed by atoms with Gasteiger partial charge in [0.05, 0.1) is 6.04 Å². The summed E-state index contributed by atoms with van der Waals surface area (Å²) in [4.78, 5) is 34.8. The molecular formula is C23H28N10O. The molecule has 2 fully saturated rings. The predicted octanol–water partition coefficient (Wildman–Crippen LogP) is 1.57. The number of hydrogen-bond acceptors (Lipinski definition) is 8. The van der Waals surface area contributed by atoms with Crippen LogP contribution in [0.3, 0.4) is 0 Å². The monoisotopic (exact) mass is 460 g/mol. The third-order valence-electron chi connectivity index (χ3n) is 6.20. The molecule has 1 saturated heterocycles. The summed E-state index contributed by atoms with van der Waals surface area (Å²) in [5.41, 5.74) is 7.36. The predicted molar refractivity (Wildman–Crippen MR) is 129 cm³/mol. The zero-order valence-electron chi connectivity index (χ0n) is 19.3. The Kier molecular flexibility index (Phi) is 5.83. The fourth-order valence-electron chi connectivity index (χ4n) is 4.23. The summed E-state index contributed by atoms with van der Waals surface area (Å²) in [5.74, 6) is 1.79. The number of aromatic nitrogens is 5. The van der Waals surface area contributed by atoms with E-state index in [0.29, 0.717) is 23.5 Å². The normalized spacial score (nSPS) is 19.0. The fourth-order valence-corrected chi connectivity index (χ4v) is 4.23. The lowest BCUT2D eigenvalue weighted by atomic mass is 10.2. The number of aliphatic imine (C=N–C) groups is 1. The van der Waals surface area contributed by atoms with E-state index in [0.717, 1.165) is 43.6 Å². The van der Waals surface area contributed by atoms with Crippen molar-refractivity contribution in [1.29, 1.82) is 0 Å². The molecule has 0 bridgehead atoms. The van der Waals surface area contributed by atoms with E-state index in [1.165, 1.54) is 0 Å². The topological polar surface area (TPSA) is 130 Å². The molecule has 2 aliphatic rings. The highest BCUT2D eigenvalue weighted by Crippen LogP contribution is 2.34. The first-order valence-electron chi connectivity index (χ1n) is 11.4. The van der Waals surface area contributed by atoms with Crippen LogP contribution < -0.4 is 16.0 Å². The maximum absolute atomic E-state index is 12.7. The molecule has 3 N–H and O–H groups in total. The van der Waals surface area contributed by atoms with Gasteiger partial charge in [-0.1, -0.05) is 0 Å². The summed E-state index contributed by atoms with van der Waals surface area (Å²) in [5, 5.41) is 7.64. The molecule has 1 aliphatic carbocycles. The molecule has 5 rings (SSSR count). The van der Waals surface area contributed by atoms with Crippen molar-refractivity contribution in [3.8, 4) is 0 Å². The Bertz CT molecular complexity index is 1250. The van der Waals surface area contributed by atoms with Crippen LogP contribution in [0.25, 0.3) is 5.52 Å². The lowest BCUT2D eigenvalue weighted by Gasteiger charge is -2.23. The van der Waals surface area contributed by atoms with Crippen LogP contribution in [-0.2, 0) is 4.79 Å². The average molecular weight is 461 g/mol. The molecule has 1 saturated carbocycles. The lowest BCUT2D eigenvalue weighted by molar-refractivity contribution is -0.126. The third kappa shape index (κ3) is 4.28. The zero-order chi connectivity index (χ0) is 23.7. The number of amidine groups is 1. The summed E-state index contributed by atoms with van der Waals surface area (Å²) in [6.45, 7) is 0.792. The number of nitrogens with zero attached hydrogens (tertiary/aromatic N) is 8. The van der Waals surface area contributed by atoms with Crippen LogP contribution in [0.4, 0.5) is 11.8 Å². The minimum Gasteiger partial charge on any atom is -0.384 e. The van der Waals surface area contributed by atoms with Gasteiger partial charge in [-0.05, 0) is 43.9 Å². The van der Waals surface area contributed by atoms with E-state index >= 15 is 0 Å². The number of carbonyl (C=O) groups excluding carboxylic acids is 1. The standard InChI is InChI=1S/C23H28N10O/c1-25-16(22(34)31(2)15-8-9-15)14-19(24)28-21-18-7-4-13-33(18)30-23(29-21)32-12-3-6-17(32)20-26-10-5-11-27-20/h4-5,7,10-11,13-15,17,25H,3,6,8-9,12H2,1-2H3,(H2,24,28,29,30)/b16-14-/t17-/m0/s1. The van der Waals surface area contributed by atoms with Crippen molar-refractivity contribution in [3.63, 3.8) is 0 Å². The highest BCUT2D eigenvalue weighted by atomic mass is 16.2.